The van der Waals surface area contributed by atoms with E-state index in [2.05, 4.69) is 15.3 Å². The van der Waals surface area contributed by atoms with Crippen LogP contribution in [0.3, 0.4) is 0 Å². The van der Waals surface area contributed by atoms with Crippen LogP contribution >= 0.6 is 0 Å². The summed E-state index contributed by atoms with van der Waals surface area (Å²) >= 11 is 0. The van der Waals surface area contributed by atoms with E-state index in [1.165, 1.54) is 11.1 Å². The van der Waals surface area contributed by atoms with Gasteiger partial charge in [0.15, 0.2) is 6.10 Å². The van der Waals surface area contributed by atoms with Crippen LogP contribution in [0.2, 0.25) is 0 Å². The van der Waals surface area contributed by atoms with Crippen molar-refractivity contribution in [2.75, 3.05) is 37.0 Å². The minimum absolute atomic E-state index is 0.0112. The van der Waals surface area contributed by atoms with Crippen LogP contribution in [0.15, 0.2) is 12.3 Å². The molecule has 0 aromatic carbocycles. The Labute approximate surface area is 102 Å². The van der Waals surface area contributed by atoms with Gasteiger partial charge < -0.3 is 15.0 Å². The van der Waals surface area contributed by atoms with Gasteiger partial charge >= 0.3 is 6.18 Å². The number of nitrogens with one attached hydrogen (secondary N) is 1. The van der Waals surface area contributed by atoms with Gasteiger partial charge in [0.1, 0.15) is 5.82 Å². The molecule has 1 aromatic rings. The van der Waals surface area contributed by atoms with E-state index in [1.54, 1.807) is 13.1 Å². The second-order valence-corrected chi connectivity index (χ2v) is 3.84. The highest BCUT2D eigenvalue weighted by molar-refractivity contribution is 5.41. The summed E-state index contributed by atoms with van der Waals surface area (Å²) in [6.07, 6.45) is -4.64. The van der Waals surface area contributed by atoms with E-state index in [1.807, 2.05) is 0 Å². The number of halogens is 3. The maximum Gasteiger partial charge on any atom is 0.416 e. The van der Waals surface area contributed by atoms with Gasteiger partial charge in [-0.3, -0.25) is 0 Å². The fourth-order valence-electron chi connectivity index (χ4n) is 1.67. The number of morpholine rings is 1. The molecule has 0 amide bonds. The van der Waals surface area contributed by atoms with Gasteiger partial charge in [0.2, 0.25) is 5.95 Å². The smallest absolute Gasteiger partial charge is 0.373 e. The molecule has 1 fully saturated rings. The Bertz CT molecular complexity index is 412. The molecule has 1 aromatic heterocycles. The number of rotatable bonds is 2. The zero-order valence-corrected chi connectivity index (χ0v) is 9.74. The number of alkyl halides is 3. The predicted molar refractivity (Wildman–Crippen MR) is 59.6 cm³/mol. The number of ether oxygens (including phenoxy) is 1. The monoisotopic (exact) mass is 262 g/mol. The average molecular weight is 262 g/mol. The lowest BCUT2D eigenvalue weighted by atomic mass is 10.3. The molecule has 1 atom stereocenters. The molecule has 0 unspecified atom stereocenters. The van der Waals surface area contributed by atoms with Gasteiger partial charge in [0.05, 0.1) is 13.2 Å². The minimum Gasteiger partial charge on any atom is -0.373 e. The van der Waals surface area contributed by atoms with Gasteiger partial charge in [-0.05, 0) is 6.07 Å². The van der Waals surface area contributed by atoms with Crippen LogP contribution in [-0.4, -0.2) is 49.0 Å². The Hall–Kier alpha value is -1.57. The fourth-order valence-corrected chi connectivity index (χ4v) is 1.67. The van der Waals surface area contributed by atoms with E-state index in [0.29, 0.717) is 12.4 Å². The van der Waals surface area contributed by atoms with Crippen molar-refractivity contribution >= 4 is 11.8 Å². The molecule has 0 spiro atoms. The molecule has 0 saturated carbocycles. The Balaban J connectivity index is 2.13. The third-order valence-corrected chi connectivity index (χ3v) is 2.61. The van der Waals surface area contributed by atoms with Gasteiger partial charge in [0, 0.05) is 19.8 Å². The molecule has 1 aliphatic rings. The molecule has 1 saturated heterocycles. The first-order valence-electron chi connectivity index (χ1n) is 5.45. The molecule has 18 heavy (non-hydrogen) atoms. The minimum atomic E-state index is -4.36. The summed E-state index contributed by atoms with van der Waals surface area (Å²) in [7, 11) is 1.68. The molecule has 1 aliphatic heterocycles. The molecule has 0 radical (unpaired) electrons. The molecule has 1 N–H and O–H groups in total. The lowest BCUT2D eigenvalue weighted by Crippen LogP contribution is -2.49. The first-order valence-corrected chi connectivity index (χ1v) is 5.45. The van der Waals surface area contributed by atoms with Crippen LogP contribution in [0.1, 0.15) is 0 Å². The Morgan fingerprint density at radius 2 is 2.28 bits per heavy atom. The van der Waals surface area contributed by atoms with Crippen molar-refractivity contribution in [1.29, 1.82) is 0 Å². The largest absolute Gasteiger partial charge is 0.416 e. The van der Waals surface area contributed by atoms with Crippen LogP contribution in [0, 0.1) is 0 Å². The standard InChI is InChI=1S/C10H13F3N4O/c1-14-8-2-3-15-9(16-8)17-4-5-18-7(6-17)10(11,12)13/h2-3,7H,4-6H2,1H3,(H,14,15,16)/t7-/m0/s1. The zero-order valence-electron chi connectivity index (χ0n) is 9.74. The number of nitrogens with zero attached hydrogens (tertiary/aromatic N) is 3. The fraction of sp³-hybridized carbons (Fsp3) is 0.600. The summed E-state index contributed by atoms with van der Waals surface area (Å²) in [6, 6.07) is 1.64. The molecule has 100 valence electrons. The van der Waals surface area contributed by atoms with Crippen molar-refractivity contribution in [2.24, 2.45) is 0 Å². The molecule has 2 heterocycles. The van der Waals surface area contributed by atoms with E-state index in [9.17, 15) is 13.2 Å². The summed E-state index contributed by atoms with van der Waals surface area (Å²) in [5, 5.41) is 2.82. The van der Waals surface area contributed by atoms with Gasteiger partial charge in [-0.15, -0.1) is 0 Å². The quantitative estimate of drug-likeness (QED) is 0.870. The summed E-state index contributed by atoms with van der Waals surface area (Å²) in [5.74, 6) is 0.842. The second kappa shape index (κ2) is 4.97. The molecule has 5 nitrogen and oxygen atoms in total. The highest BCUT2D eigenvalue weighted by Gasteiger charge is 2.43. The summed E-state index contributed by atoms with van der Waals surface area (Å²) < 4.78 is 42.4. The van der Waals surface area contributed by atoms with Gasteiger partial charge in [-0.2, -0.15) is 18.2 Å². The van der Waals surface area contributed by atoms with Crippen LogP contribution in [0.4, 0.5) is 24.9 Å². The second-order valence-electron chi connectivity index (χ2n) is 3.84. The van der Waals surface area contributed by atoms with E-state index < -0.39 is 12.3 Å². The van der Waals surface area contributed by atoms with Crippen molar-refractivity contribution < 1.29 is 17.9 Å². The summed E-state index contributed by atoms with van der Waals surface area (Å²) in [5.41, 5.74) is 0. The first-order chi connectivity index (χ1) is 8.50. The van der Waals surface area contributed by atoms with E-state index in [4.69, 9.17) is 4.74 Å². The molecule has 2 rings (SSSR count). The Kier molecular flexibility index (Phi) is 3.55. The SMILES string of the molecule is CNc1ccnc(N2CCO[C@H](C(F)(F)F)C2)n1. The number of hydrogen-bond acceptors (Lipinski definition) is 5. The molecule has 0 bridgehead atoms. The molecular formula is C10H13F3N4O. The van der Waals surface area contributed by atoms with E-state index >= 15 is 0 Å². The summed E-state index contributed by atoms with van der Waals surface area (Å²) in [4.78, 5) is 9.57. The number of aromatic nitrogens is 2. The predicted octanol–water partition coefficient (Wildman–Crippen LogP) is 1.29. The van der Waals surface area contributed by atoms with Gasteiger partial charge in [0.25, 0.3) is 0 Å². The number of anilines is 2. The third-order valence-electron chi connectivity index (χ3n) is 2.61. The number of hydrogen-bond donors (Lipinski definition) is 1. The van der Waals surface area contributed by atoms with Crippen molar-refractivity contribution in [1.82, 2.24) is 9.97 Å². The van der Waals surface area contributed by atoms with Crippen LogP contribution in [0.5, 0.6) is 0 Å². The van der Waals surface area contributed by atoms with E-state index in [0.717, 1.165) is 0 Å². The molecular weight excluding hydrogens is 249 g/mol. The highest BCUT2D eigenvalue weighted by atomic mass is 19.4. The maximum atomic E-state index is 12.6. The maximum absolute atomic E-state index is 12.6. The van der Waals surface area contributed by atoms with Gasteiger partial charge in [-0.25, -0.2) is 4.98 Å². The lowest BCUT2D eigenvalue weighted by molar-refractivity contribution is -0.221. The molecule has 0 aliphatic carbocycles. The van der Waals surface area contributed by atoms with Crippen LogP contribution < -0.4 is 10.2 Å². The van der Waals surface area contributed by atoms with Crippen molar-refractivity contribution in [3.8, 4) is 0 Å². The zero-order chi connectivity index (χ0) is 13.2. The van der Waals surface area contributed by atoms with E-state index in [-0.39, 0.29) is 19.1 Å². The average Bonchev–Trinajstić information content (AvgIpc) is 2.38. The van der Waals surface area contributed by atoms with Crippen LogP contribution in [0.25, 0.3) is 0 Å². The molecule has 8 heteroatoms. The third kappa shape index (κ3) is 2.81. The first kappa shape index (κ1) is 12.9. The van der Waals surface area contributed by atoms with Crippen molar-refractivity contribution in [2.45, 2.75) is 12.3 Å². The highest BCUT2D eigenvalue weighted by Crippen LogP contribution is 2.27. The summed E-state index contributed by atoms with van der Waals surface area (Å²) in [6.45, 7) is 0.0771. The Morgan fingerprint density at radius 3 is 2.94 bits per heavy atom. The lowest BCUT2D eigenvalue weighted by Gasteiger charge is -2.33. The van der Waals surface area contributed by atoms with Crippen molar-refractivity contribution in [3.05, 3.63) is 12.3 Å². The van der Waals surface area contributed by atoms with Gasteiger partial charge in [-0.1, -0.05) is 0 Å². The normalized spacial score (nSPS) is 20.9. The topological polar surface area (TPSA) is 50.3 Å². The Morgan fingerprint density at radius 1 is 1.50 bits per heavy atom. The van der Waals surface area contributed by atoms with Crippen molar-refractivity contribution in [3.63, 3.8) is 0 Å². The van der Waals surface area contributed by atoms with Crippen LogP contribution in [-0.2, 0) is 4.74 Å².